The zero-order chi connectivity index (χ0) is 22.1. The number of Topliss-reactive ketones (excluding diaryl/α,β-unsaturated/α-hetero) is 1. The fourth-order valence-corrected chi connectivity index (χ4v) is 7.03. The number of carbonyl (C=O) groups excluding carboxylic acids is 2. The number of piperidine rings is 1. The number of fused-ring (bicyclic) bond motifs is 2. The van der Waals surface area contributed by atoms with Crippen LogP contribution in [0.2, 0.25) is 0 Å². The first-order chi connectivity index (χ1) is 15.6. The number of rotatable bonds is 6. The average Bonchev–Trinajstić information content (AvgIpc) is 3.30. The number of aliphatic imine (C=N–C) groups is 1. The summed E-state index contributed by atoms with van der Waals surface area (Å²) in [6.07, 6.45) is 5.59. The minimum absolute atomic E-state index is 0.0247. The maximum atomic E-state index is 13.4. The number of carbonyl (C=O) groups is 2. The molecule has 3 aliphatic heterocycles. The number of nitrogens with zero attached hydrogens (tertiary/aromatic N) is 3. The average molecular weight is 474 g/mol. The van der Waals surface area contributed by atoms with Crippen LogP contribution in [0.4, 0.5) is 4.39 Å². The lowest BCUT2D eigenvalue weighted by Crippen LogP contribution is -2.34. The summed E-state index contributed by atoms with van der Waals surface area (Å²) in [5.41, 5.74) is 2.35. The smallest absolute Gasteiger partial charge is 0.196 e. The normalized spacial score (nSPS) is 22.5. The molecule has 1 aromatic heterocycles. The summed E-state index contributed by atoms with van der Waals surface area (Å²) in [6.45, 7) is 3.28. The van der Waals surface area contributed by atoms with E-state index < -0.39 is 0 Å². The van der Waals surface area contributed by atoms with E-state index in [0.29, 0.717) is 30.9 Å². The van der Waals surface area contributed by atoms with Crippen molar-refractivity contribution in [3.8, 4) is 0 Å². The molecule has 168 valence electrons. The third-order valence-corrected chi connectivity index (χ3v) is 8.84. The molecule has 2 saturated heterocycles. The van der Waals surface area contributed by atoms with E-state index >= 15 is 0 Å². The molecule has 4 heterocycles. The summed E-state index contributed by atoms with van der Waals surface area (Å²) in [6, 6.07) is 4.59. The maximum absolute atomic E-state index is 13.4. The van der Waals surface area contributed by atoms with Crippen LogP contribution in [0.25, 0.3) is 11.0 Å². The third-order valence-electron chi connectivity index (χ3n) is 6.23. The van der Waals surface area contributed by atoms with Gasteiger partial charge in [-0.25, -0.2) is 4.39 Å². The first-order valence-corrected chi connectivity index (χ1v) is 12.7. The van der Waals surface area contributed by atoms with Crippen LogP contribution in [0, 0.1) is 5.82 Å². The van der Waals surface area contributed by atoms with Crippen LogP contribution in [-0.4, -0.2) is 57.4 Å². The number of likely N-dealkylation sites (tertiary alicyclic amines) is 1. The lowest BCUT2D eigenvalue weighted by Gasteiger charge is -2.31. The molecule has 2 aromatic rings. The molecule has 0 spiro atoms. The van der Waals surface area contributed by atoms with Gasteiger partial charge in [0.1, 0.15) is 10.4 Å². The molecule has 9 heteroatoms. The molecular weight excluding hydrogens is 449 g/mol. The van der Waals surface area contributed by atoms with Crippen molar-refractivity contribution in [2.75, 3.05) is 26.2 Å². The topological polar surface area (TPSA) is 75.8 Å². The highest BCUT2D eigenvalue weighted by atomic mass is 32.2. The van der Waals surface area contributed by atoms with Crippen LogP contribution in [0.15, 0.2) is 38.7 Å². The second-order valence-corrected chi connectivity index (χ2v) is 11.0. The quantitative estimate of drug-likeness (QED) is 0.609. The molecule has 2 fully saturated rings. The highest BCUT2D eigenvalue weighted by Gasteiger charge is 2.33. The van der Waals surface area contributed by atoms with Gasteiger partial charge in [-0.2, -0.15) is 0 Å². The second kappa shape index (κ2) is 9.49. The summed E-state index contributed by atoms with van der Waals surface area (Å²) in [4.78, 5) is 32.0. The number of benzene rings is 1. The molecule has 1 aromatic carbocycles. The predicted molar refractivity (Wildman–Crippen MR) is 126 cm³/mol. The van der Waals surface area contributed by atoms with Gasteiger partial charge in [-0.1, -0.05) is 16.9 Å². The molecule has 1 atom stereocenters. The Morgan fingerprint density at radius 3 is 2.94 bits per heavy atom. The van der Waals surface area contributed by atoms with Crippen molar-refractivity contribution >= 4 is 51.1 Å². The van der Waals surface area contributed by atoms with E-state index in [1.807, 2.05) is 6.08 Å². The highest BCUT2D eigenvalue weighted by Crippen LogP contribution is 2.40. The van der Waals surface area contributed by atoms with Gasteiger partial charge >= 0.3 is 0 Å². The van der Waals surface area contributed by atoms with E-state index in [2.05, 4.69) is 15.0 Å². The Morgan fingerprint density at radius 2 is 2.09 bits per heavy atom. The summed E-state index contributed by atoms with van der Waals surface area (Å²) in [5.74, 6) is 0.154. The number of hydrogen-bond donors (Lipinski definition) is 0. The zero-order valence-corrected chi connectivity index (χ0v) is 19.2. The number of aromatic nitrogens is 1. The molecule has 0 saturated carbocycles. The molecule has 0 N–H and O–H groups in total. The molecular formula is C23H24FN3O3S2. The fraction of sp³-hybridized carbons (Fsp3) is 0.478. The van der Waals surface area contributed by atoms with Crippen molar-refractivity contribution in [3.05, 3.63) is 40.7 Å². The van der Waals surface area contributed by atoms with Crippen molar-refractivity contribution in [2.45, 2.75) is 42.6 Å². The van der Waals surface area contributed by atoms with Crippen molar-refractivity contribution in [2.24, 2.45) is 4.99 Å². The molecule has 5 rings (SSSR count). The lowest BCUT2D eigenvalue weighted by atomic mass is 9.91. The molecule has 6 nitrogen and oxygen atoms in total. The van der Waals surface area contributed by atoms with Gasteiger partial charge in [0, 0.05) is 34.4 Å². The van der Waals surface area contributed by atoms with Gasteiger partial charge < -0.3 is 9.42 Å². The van der Waals surface area contributed by atoms with Crippen LogP contribution < -0.4 is 0 Å². The Morgan fingerprint density at radius 1 is 1.25 bits per heavy atom. The fourth-order valence-electron chi connectivity index (χ4n) is 4.51. The van der Waals surface area contributed by atoms with Crippen molar-refractivity contribution in [1.29, 1.82) is 0 Å². The summed E-state index contributed by atoms with van der Waals surface area (Å²) in [7, 11) is 0. The standard InChI is InChI=1S/C23H24FN3O3S2/c24-15-3-4-16-19(12-15)30-26-22(16)14-6-10-27(11-7-14)9-1-2-18(28)20-5-8-25-17-13-21(29)32-23(17)31-20/h3-5,12,14,23H,1-2,6-11,13H2. The Balaban J connectivity index is 1.08. The Hall–Kier alpha value is -1.97. The monoisotopic (exact) mass is 473 g/mol. The Kier molecular flexibility index (Phi) is 6.48. The van der Waals surface area contributed by atoms with Crippen molar-refractivity contribution < 1.29 is 18.5 Å². The largest absolute Gasteiger partial charge is 0.356 e. The van der Waals surface area contributed by atoms with Gasteiger partial charge in [-0.05, 0) is 57.1 Å². The zero-order valence-electron chi connectivity index (χ0n) is 17.6. The minimum Gasteiger partial charge on any atom is -0.356 e. The molecule has 0 amide bonds. The third kappa shape index (κ3) is 4.70. The van der Waals surface area contributed by atoms with Gasteiger partial charge in [0.2, 0.25) is 0 Å². The van der Waals surface area contributed by atoms with Gasteiger partial charge in [-0.3, -0.25) is 14.6 Å². The molecule has 1 unspecified atom stereocenters. The molecule has 32 heavy (non-hydrogen) atoms. The van der Waals surface area contributed by atoms with E-state index in [4.69, 9.17) is 4.52 Å². The van der Waals surface area contributed by atoms with Crippen LogP contribution in [0.5, 0.6) is 0 Å². The van der Waals surface area contributed by atoms with Gasteiger partial charge in [-0.15, -0.1) is 11.8 Å². The Bertz CT molecular complexity index is 1110. The number of allylic oxidation sites excluding steroid dienone is 1. The predicted octanol–water partition coefficient (Wildman–Crippen LogP) is 4.56. The van der Waals surface area contributed by atoms with Crippen LogP contribution >= 0.6 is 23.5 Å². The maximum Gasteiger partial charge on any atom is 0.196 e. The number of ketones is 1. The van der Waals surface area contributed by atoms with Gasteiger partial charge in [0.05, 0.1) is 18.7 Å². The lowest BCUT2D eigenvalue weighted by molar-refractivity contribution is -0.115. The van der Waals surface area contributed by atoms with Gasteiger partial charge in [0.15, 0.2) is 16.5 Å². The van der Waals surface area contributed by atoms with E-state index in [0.717, 1.165) is 60.6 Å². The summed E-state index contributed by atoms with van der Waals surface area (Å²) in [5, 5.41) is 5.26. The van der Waals surface area contributed by atoms with Crippen molar-refractivity contribution in [1.82, 2.24) is 10.1 Å². The molecule has 3 aliphatic rings. The van der Waals surface area contributed by atoms with Gasteiger partial charge in [0.25, 0.3) is 0 Å². The number of hydrogen-bond acceptors (Lipinski definition) is 8. The Labute approximate surface area is 194 Å². The first-order valence-electron chi connectivity index (χ1n) is 11.0. The summed E-state index contributed by atoms with van der Waals surface area (Å²) >= 11 is 2.78. The molecule has 0 bridgehead atoms. The second-order valence-electron chi connectivity index (χ2n) is 8.37. The molecule has 0 radical (unpaired) electrons. The summed E-state index contributed by atoms with van der Waals surface area (Å²) < 4.78 is 18.7. The number of halogens is 1. The minimum atomic E-state index is -0.314. The van der Waals surface area contributed by atoms with E-state index in [-0.39, 0.29) is 21.3 Å². The van der Waals surface area contributed by atoms with Crippen molar-refractivity contribution in [3.63, 3.8) is 0 Å². The van der Waals surface area contributed by atoms with E-state index in [1.54, 1.807) is 6.07 Å². The van der Waals surface area contributed by atoms with E-state index in [9.17, 15) is 14.0 Å². The van der Waals surface area contributed by atoms with Crippen LogP contribution in [-0.2, 0) is 9.59 Å². The number of thioether (sulfide) groups is 2. The first kappa shape index (κ1) is 21.9. The SMILES string of the molecule is O=C1CC2=NCC=C(C(=O)CCCN3CCC(c4noc5cc(F)ccc45)CC3)SC2S1. The molecule has 0 aliphatic carbocycles. The highest BCUT2D eigenvalue weighted by molar-refractivity contribution is 8.27. The van der Waals surface area contributed by atoms with Crippen LogP contribution in [0.3, 0.4) is 0 Å². The van der Waals surface area contributed by atoms with E-state index in [1.165, 1.54) is 35.7 Å². The van der Waals surface area contributed by atoms with Crippen LogP contribution in [0.1, 0.15) is 43.7 Å².